The molecule has 0 bridgehead atoms. The molecule has 0 aliphatic heterocycles. The SMILES string of the molecule is [N-]=[N+]=NCCOCCOCC(COCC(=O)O)N(Cc1ccccc1)Cc1ccccc1. The van der Waals surface area contributed by atoms with Crippen molar-refractivity contribution in [2.24, 2.45) is 5.11 Å². The molecular weight excluding hydrogens is 412 g/mol. The molecular formula is C23H30N4O5. The highest BCUT2D eigenvalue weighted by atomic mass is 16.5. The number of azide groups is 1. The van der Waals surface area contributed by atoms with Crippen LogP contribution in [-0.4, -0.2) is 68.2 Å². The summed E-state index contributed by atoms with van der Waals surface area (Å²) in [6, 6.07) is 20.0. The van der Waals surface area contributed by atoms with Crippen molar-refractivity contribution in [2.45, 2.75) is 19.1 Å². The third-order valence-electron chi connectivity index (χ3n) is 4.59. The average molecular weight is 443 g/mol. The van der Waals surface area contributed by atoms with E-state index in [-0.39, 0.29) is 25.8 Å². The van der Waals surface area contributed by atoms with Crippen molar-refractivity contribution in [3.05, 3.63) is 82.2 Å². The van der Waals surface area contributed by atoms with Crippen molar-refractivity contribution in [1.29, 1.82) is 0 Å². The Balaban J connectivity index is 2.00. The summed E-state index contributed by atoms with van der Waals surface area (Å²) in [7, 11) is 0. The van der Waals surface area contributed by atoms with Crippen LogP contribution in [0.25, 0.3) is 10.4 Å². The zero-order chi connectivity index (χ0) is 22.9. The molecule has 0 saturated carbocycles. The number of rotatable bonds is 17. The maximum Gasteiger partial charge on any atom is 0.329 e. The summed E-state index contributed by atoms with van der Waals surface area (Å²) >= 11 is 0. The van der Waals surface area contributed by atoms with E-state index in [9.17, 15) is 4.79 Å². The first-order valence-corrected chi connectivity index (χ1v) is 10.5. The van der Waals surface area contributed by atoms with Gasteiger partial charge in [-0.2, -0.15) is 0 Å². The average Bonchev–Trinajstić information content (AvgIpc) is 2.80. The van der Waals surface area contributed by atoms with Crippen LogP contribution in [0.3, 0.4) is 0 Å². The number of ether oxygens (including phenoxy) is 3. The van der Waals surface area contributed by atoms with Gasteiger partial charge in [0.1, 0.15) is 6.61 Å². The molecule has 0 aliphatic carbocycles. The summed E-state index contributed by atoms with van der Waals surface area (Å²) in [5, 5.41) is 12.4. The van der Waals surface area contributed by atoms with Crippen LogP contribution in [0.2, 0.25) is 0 Å². The summed E-state index contributed by atoms with van der Waals surface area (Å²) in [5.74, 6) is -1.00. The topological polar surface area (TPSA) is 117 Å². The van der Waals surface area contributed by atoms with Gasteiger partial charge in [-0.05, 0) is 16.7 Å². The van der Waals surface area contributed by atoms with Crippen LogP contribution in [-0.2, 0) is 32.1 Å². The molecule has 0 fully saturated rings. The molecule has 1 unspecified atom stereocenters. The summed E-state index contributed by atoms with van der Waals surface area (Å²) in [4.78, 5) is 15.8. The van der Waals surface area contributed by atoms with Crippen molar-refractivity contribution in [1.82, 2.24) is 4.90 Å². The summed E-state index contributed by atoms with van der Waals surface area (Å²) in [6.07, 6.45) is 0. The number of aliphatic carboxylic acids is 1. The molecule has 9 nitrogen and oxygen atoms in total. The van der Waals surface area contributed by atoms with Gasteiger partial charge in [0.15, 0.2) is 0 Å². The Morgan fingerprint density at radius 2 is 1.47 bits per heavy atom. The summed E-state index contributed by atoms with van der Waals surface area (Å²) < 4.78 is 16.6. The molecule has 172 valence electrons. The highest BCUT2D eigenvalue weighted by Crippen LogP contribution is 2.15. The molecule has 0 aliphatic rings. The van der Waals surface area contributed by atoms with Gasteiger partial charge in [-0.15, -0.1) is 0 Å². The zero-order valence-corrected chi connectivity index (χ0v) is 18.1. The zero-order valence-electron chi connectivity index (χ0n) is 18.1. The Morgan fingerprint density at radius 3 is 2.03 bits per heavy atom. The van der Waals surface area contributed by atoms with Crippen molar-refractivity contribution in [3.63, 3.8) is 0 Å². The van der Waals surface area contributed by atoms with Crippen LogP contribution in [0.15, 0.2) is 65.8 Å². The largest absolute Gasteiger partial charge is 0.480 e. The van der Waals surface area contributed by atoms with Crippen LogP contribution in [0.5, 0.6) is 0 Å². The lowest BCUT2D eigenvalue weighted by Crippen LogP contribution is -2.41. The number of carboxylic acids is 1. The molecule has 0 heterocycles. The van der Waals surface area contributed by atoms with Gasteiger partial charge in [0.2, 0.25) is 0 Å². The molecule has 0 radical (unpaired) electrons. The van der Waals surface area contributed by atoms with Crippen LogP contribution in [0, 0.1) is 0 Å². The first-order chi connectivity index (χ1) is 15.7. The molecule has 32 heavy (non-hydrogen) atoms. The van der Waals surface area contributed by atoms with E-state index in [0.717, 1.165) is 11.1 Å². The molecule has 2 aromatic carbocycles. The van der Waals surface area contributed by atoms with Crippen molar-refractivity contribution < 1.29 is 24.1 Å². The predicted molar refractivity (Wildman–Crippen MR) is 120 cm³/mol. The second kappa shape index (κ2) is 15.8. The van der Waals surface area contributed by atoms with Gasteiger partial charge in [-0.1, -0.05) is 65.8 Å². The second-order valence-electron chi connectivity index (χ2n) is 7.08. The van der Waals surface area contributed by atoms with Crippen LogP contribution < -0.4 is 0 Å². The van der Waals surface area contributed by atoms with E-state index in [2.05, 4.69) is 39.2 Å². The minimum absolute atomic E-state index is 0.155. The lowest BCUT2D eigenvalue weighted by atomic mass is 10.1. The lowest BCUT2D eigenvalue weighted by molar-refractivity contribution is -0.143. The third-order valence-corrected chi connectivity index (χ3v) is 4.59. The number of carboxylic acid groups (broad SMARTS) is 1. The Kier molecular flexibility index (Phi) is 12.5. The van der Waals surface area contributed by atoms with Gasteiger partial charge in [0.05, 0.1) is 39.1 Å². The molecule has 0 saturated heterocycles. The van der Waals surface area contributed by atoms with Crippen LogP contribution >= 0.6 is 0 Å². The minimum atomic E-state index is -1.00. The number of hydrogen-bond acceptors (Lipinski definition) is 6. The minimum Gasteiger partial charge on any atom is -0.480 e. The van der Waals surface area contributed by atoms with Gasteiger partial charge in [0, 0.05) is 24.5 Å². The summed E-state index contributed by atoms with van der Waals surface area (Å²) in [6.45, 7) is 2.94. The number of carbonyl (C=O) groups is 1. The Hall–Kier alpha value is -2.94. The smallest absolute Gasteiger partial charge is 0.329 e. The van der Waals surface area contributed by atoms with Gasteiger partial charge >= 0.3 is 5.97 Å². The van der Waals surface area contributed by atoms with Gasteiger partial charge in [-0.3, -0.25) is 4.90 Å². The predicted octanol–water partition coefficient (Wildman–Crippen LogP) is 3.50. The Morgan fingerprint density at radius 1 is 0.906 bits per heavy atom. The fourth-order valence-corrected chi connectivity index (χ4v) is 3.08. The van der Waals surface area contributed by atoms with E-state index in [4.69, 9.17) is 24.8 Å². The lowest BCUT2D eigenvalue weighted by Gasteiger charge is -2.31. The number of nitrogens with zero attached hydrogens (tertiary/aromatic N) is 4. The molecule has 9 heteroatoms. The Bertz CT molecular complexity index is 774. The van der Waals surface area contributed by atoms with E-state index in [1.807, 2.05) is 36.4 Å². The van der Waals surface area contributed by atoms with E-state index >= 15 is 0 Å². The molecule has 0 aromatic heterocycles. The molecule has 2 aromatic rings. The number of hydrogen-bond donors (Lipinski definition) is 1. The first kappa shape index (κ1) is 25.3. The third kappa shape index (κ3) is 10.9. The standard InChI is InChI=1S/C23H30N4O5/c24-26-25-11-12-30-13-14-31-17-22(18-32-19-23(28)29)27(15-20-7-3-1-4-8-20)16-21-9-5-2-6-10-21/h1-10,22H,11-19H2,(H,28,29). The first-order valence-electron chi connectivity index (χ1n) is 10.5. The van der Waals surface area contributed by atoms with E-state index in [1.165, 1.54) is 0 Å². The van der Waals surface area contributed by atoms with Gasteiger partial charge in [0.25, 0.3) is 0 Å². The molecule has 0 amide bonds. The molecule has 1 atom stereocenters. The molecule has 0 spiro atoms. The number of benzene rings is 2. The van der Waals surface area contributed by atoms with E-state index in [1.54, 1.807) is 0 Å². The van der Waals surface area contributed by atoms with E-state index in [0.29, 0.717) is 39.5 Å². The van der Waals surface area contributed by atoms with Crippen molar-refractivity contribution in [2.75, 3.05) is 46.2 Å². The fraction of sp³-hybridized carbons (Fsp3) is 0.435. The van der Waals surface area contributed by atoms with Gasteiger partial charge in [-0.25, -0.2) is 4.79 Å². The highest BCUT2D eigenvalue weighted by molar-refractivity contribution is 5.67. The fourth-order valence-electron chi connectivity index (χ4n) is 3.08. The van der Waals surface area contributed by atoms with Crippen molar-refractivity contribution in [3.8, 4) is 0 Å². The van der Waals surface area contributed by atoms with E-state index < -0.39 is 5.97 Å². The van der Waals surface area contributed by atoms with Gasteiger partial charge < -0.3 is 19.3 Å². The molecule has 1 N–H and O–H groups in total. The monoisotopic (exact) mass is 442 g/mol. The second-order valence-corrected chi connectivity index (χ2v) is 7.08. The molecule has 2 rings (SSSR count). The Labute approximate surface area is 188 Å². The van der Waals surface area contributed by atoms with Crippen LogP contribution in [0.4, 0.5) is 0 Å². The quantitative estimate of drug-likeness (QED) is 0.173. The summed E-state index contributed by atoms with van der Waals surface area (Å²) in [5.41, 5.74) is 10.6. The maximum absolute atomic E-state index is 10.9. The normalized spacial score (nSPS) is 11.8. The van der Waals surface area contributed by atoms with Crippen LogP contribution in [0.1, 0.15) is 11.1 Å². The highest BCUT2D eigenvalue weighted by Gasteiger charge is 2.20. The van der Waals surface area contributed by atoms with Crippen molar-refractivity contribution >= 4 is 5.97 Å². The maximum atomic E-state index is 10.9.